The summed E-state index contributed by atoms with van der Waals surface area (Å²) >= 11 is 3.76. The highest BCUT2D eigenvalue weighted by Gasteiger charge is 2.24. The molecule has 1 aliphatic heterocycles. The van der Waals surface area contributed by atoms with Gasteiger partial charge in [-0.25, -0.2) is 4.39 Å². The molecule has 0 spiro atoms. The van der Waals surface area contributed by atoms with Crippen molar-refractivity contribution in [2.45, 2.75) is 100 Å². The lowest BCUT2D eigenvalue weighted by Gasteiger charge is -2.30. The fraction of sp³-hybridized carbons (Fsp3) is 1.00. The summed E-state index contributed by atoms with van der Waals surface area (Å²) in [6, 6.07) is 4.41. The Morgan fingerprint density at radius 2 is 1.57 bits per heavy atom. The summed E-state index contributed by atoms with van der Waals surface area (Å²) in [5.74, 6) is 2.05. The van der Waals surface area contributed by atoms with Gasteiger partial charge in [0.1, 0.15) is 0 Å². The van der Waals surface area contributed by atoms with E-state index in [-0.39, 0.29) is 8.80 Å². The van der Waals surface area contributed by atoms with E-state index in [9.17, 15) is 4.39 Å². The molecule has 2 rings (SSSR count). The van der Waals surface area contributed by atoms with Crippen LogP contribution in [0, 0.1) is 11.8 Å². The van der Waals surface area contributed by atoms with Crippen LogP contribution in [0.3, 0.4) is 0 Å². The molecule has 0 amide bonds. The molecule has 1 aliphatic carbocycles. The number of alkyl halides is 2. The van der Waals surface area contributed by atoms with E-state index in [1.54, 1.807) is 6.92 Å². The molecule has 123 valence electrons. The van der Waals surface area contributed by atoms with Gasteiger partial charge < -0.3 is 0 Å². The topological polar surface area (TPSA) is 0 Å². The summed E-state index contributed by atoms with van der Waals surface area (Å²) in [7, 11) is -0.0985. The van der Waals surface area contributed by atoms with E-state index in [1.807, 2.05) is 0 Å². The highest BCUT2D eigenvalue weighted by molar-refractivity contribution is 9.09. The van der Waals surface area contributed by atoms with Crippen LogP contribution in [0.25, 0.3) is 0 Å². The maximum Gasteiger partial charge on any atom is 0.0973 e. The van der Waals surface area contributed by atoms with Crippen molar-refractivity contribution in [1.82, 2.24) is 0 Å². The van der Waals surface area contributed by atoms with Crippen LogP contribution in [0.2, 0.25) is 18.1 Å². The Labute approximate surface area is 141 Å². The van der Waals surface area contributed by atoms with Gasteiger partial charge in [0.05, 0.1) is 6.17 Å². The molecule has 1 saturated carbocycles. The highest BCUT2D eigenvalue weighted by atomic mass is 79.9. The van der Waals surface area contributed by atoms with Crippen molar-refractivity contribution >= 4 is 24.7 Å². The molecule has 0 aromatic heterocycles. The van der Waals surface area contributed by atoms with E-state index in [2.05, 4.69) is 15.9 Å². The second-order valence-corrected chi connectivity index (χ2v) is 11.9. The maximum absolute atomic E-state index is 12.8. The van der Waals surface area contributed by atoms with Gasteiger partial charge in [-0.2, -0.15) is 0 Å². The highest BCUT2D eigenvalue weighted by Crippen LogP contribution is 2.36. The predicted octanol–water partition coefficient (Wildman–Crippen LogP) is 6.76. The standard InChI is InChI=1S/C18H33BrFSi/c1-15(20)3-2-12-21-13-10-17(11-14-21)5-4-16-6-8-18(19)9-7-16/h15-18H,2-14H2,1H3. The van der Waals surface area contributed by atoms with Crippen LogP contribution >= 0.6 is 15.9 Å². The third-order valence-electron chi connectivity index (χ3n) is 5.70. The lowest BCUT2D eigenvalue weighted by Crippen LogP contribution is -2.22. The molecule has 0 aromatic carbocycles. The van der Waals surface area contributed by atoms with Crippen LogP contribution in [-0.4, -0.2) is 19.8 Å². The molecule has 1 atom stereocenters. The molecule has 21 heavy (non-hydrogen) atoms. The second kappa shape index (κ2) is 9.70. The van der Waals surface area contributed by atoms with Gasteiger partial charge in [-0.1, -0.05) is 66.2 Å². The van der Waals surface area contributed by atoms with E-state index in [1.165, 1.54) is 69.5 Å². The van der Waals surface area contributed by atoms with Crippen molar-refractivity contribution in [3.63, 3.8) is 0 Å². The third kappa shape index (κ3) is 7.15. The number of halogens is 2. The molecule has 1 saturated heterocycles. The zero-order chi connectivity index (χ0) is 15.1. The largest absolute Gasteiger partial charge is 0.248 e. The zero-order valence-electron chi connectivity index (χ0n) is 13.8. The van der Waals surface area contributed by atoms with Crippen LogP contribution in [0.15, 0.2) is 0 Å². The zero-order valence-corrected chi connectivity index (χ0v) is 16.3. The molecule has 0 nitrogen and oxygen atoms in total. The minimum absolute atomic E-state index is 0.0985. The van der Waals surface area contributed by atoms with Gasteiger partial charge in [0, 0.05) is 13.6 Å². The molecule has 0 bridgehead atoms. The Bertz CT molecular complexity index is 268. The normalized spacial score (nSPS) is 30.4. The van der Waals surface area contributed by atoms with Crippen LogP contribution < -0.4 is 0 Å². The molecular formula is C18H33BrFSi. The third-order valence-corrected chi connectivity index (χ3v) is 9.67. The van der Waals surface area contributed by atoms with Crippen molar-refractivity contribution in [3.05, 3.63) is 0 Å². The van der Waals surface area contributed by atoms with Crippen molar-refractivity contribution in [3.8, 4) is 0 Å². The van der Waals surface area contributed by atoms with Gasteiger partial charge >= 0.3 is 0 Å². The average Bonchev–Trinajstić information content (AvgIpc) is 2.48. The van der Waals surface area contributed by atoms with Gasteiger partial charge in [0.25, 0.3) is 0 Å². The first-order valence-electron chi connectivity index (χ1n) is 9.25. The SMILES string of the molecule is CC(F)CCC[Si]1CCC(CCC2CCC(Br)CC2)CC1. The molecule has 1 heterocycles. The second-order valence-electron chi connectivity index (χ2n) is 7.56. The summed E-state index contributed by atoms with van der Waals surface area (Å²) in [6.45, 7) is 1.71. The Hall–Kier alpha value is 0.627. The molecular weight excluding hydrogens is 343 g/mol. The van der Waals surface area contributed by atoms with Crippen molar-refractivity contribution in [2.75, 3.05) is 0 Å². The summed E-state index contributed by atoms with van der Waals surface area (Å²) in [6.07, 6.45) is 13.0. The summed E-state index contributed by atoms with van der Waals surface area (Å²) < 4.78 is 12.8. The van der Waals surface area contributed by atoms with E-state index in [4.69, 9.17) is 0 Å². The van der Waals surface area contributed by atoms with E-state index >= 15 is 0 Å². The molecule has 0 N–H and O–H groups in total. The molecule has 1 unspecified atom stereocenters. The predicted molar refractivity (Wildman–Crippen MR) is 96.6 cm³/mol. The van der Waals surface area contributed by atoms with Gasteiger partial charge in [-0.05, 0) is 50.9 Å². The Balaban J connectivity index is 1.52. The Morgan fingerprint density at radius 1 is 1.00 bits per heavy atom. The first-order chi connectivity index (χ1) is 10.1. The monoisotopic (exact) mass is 375 g/mol. The average molecular weight is 376 g/mol. The first-order valence-corrected chi connectivity index (χ1v) is 12.3. The van der Waals surface area contributed by atoms with Gasteiger partial charge in [-0.3, -0.25) is 0 Å². The summed E-state index contributed by atoms with van der Waals surface area (Å²) in [5, 5.41) is 0. The van der Waals surface area contributed by atoms with Crippen molar-refractivity contribution in [1.29, 1.82) is 0 Å². The smallest absolute Gasteiger partial charge is 0.0973 e. The number of rotatable bonds is 7. The summed E-state index contributed by atoms with van der Waals surface area (Å²) in [4.78, 5) is 0.806. The number of hydrogen-bond donors (Lipinski definition) is 0. The van der Waals surface area contributed by atoms with E-state index in [0.29, 0.717) is 0 Å². The molecule has 2 fully saturated rings. The van der Waals surface area contributed by atoms with Crippen LogP contribution in [0.5, 0.6) is 0 Å². The summed E-state index contributed by atoms with van der Waals surface area (Å²) in [5.41, 5.74) is 0. The van der Waals surface area contributed by atoms with Gasteiger partial charge in [0.15, 0.2) is 0 Å². The van der Waals surface area contributed by atoms with Crippen molar-refractivity contribution < 1.29 is 4.39 Å². The van der Waals surface area contributed by atoms with Crippen molar-refractivity contribution in [2.24, 2.45) is 11.8 Å². The maximum atomic E-state index is 12.8. The minimum atomic E-state index is -0.585. The van der Waals surface area contributed by atoms with Gasteiger partial charge in [0.2, 0.25) is 0 Å². The lowest BCUT2D eigenvalue weighted by molar-refractivity contribution is 0.304. The fourth-order valence-electron chi connectivity index (χ4n) is 4.14. The van der Waals surface area contributed by atoms with Crippen LogP contribution in [0.1, 0.15) is 71.1 Å². The molecule has 2 aliphatic rings. The first kappa shape index (κ1) is 18.0. The van der Waals surface area contributed by atoms with E-state index < -0.39 is 6.17 Å². The van der Waals surface area contributed by atoms with Crippen LogP contribution in [-0.2, 0) is 0 Å². The molecule has 1 radical (unpaired) electrons. The Kier molecular flexibility index (Phi) is 8.30. The fourth-order valence-corrected chi connectivity index (χ4v) is 7.76. The Morgan fingerprint density at radius 3 is 2.14 bits per heavy atom. The van der Waals surface area contributed by atoms with Crippen LogP contribution in [0.4, 0.5) is 4.39 Å². The number of hydrogen-bond acceptors (Lipinski definition) is 0. The van der Waals surface area contributed by atoms with E-state index in [0.717, 1.165) is 29.5 Å². The lowest BCUT2D eigenvalue weighted by atomic mass is 9.83. The minimum Gasteiger partial charge on any atom is -0.248 e. The molecule has 0 aromatic rings. The quantitative estimate of drug-likeness (QED) is 0.340. The van der Waals surface area contributed by atoms with Gasteiger partial charge in [-0.15, -0.1) is 0 Å². The molecule has 3 heteroatoms.